The topological polar surface area (TPSA) is 88.0 Å². The van der Waals surface area contributed by atoms with Crippen molar-refractivity contribution < 1.29 is 27.5 Å². The summed E-state index contributed by atoms with van der Waals surface area (Å²) in [5.74, 6) is -0.236. The highest BCUT2D eigenvalue weighted by Gasteiger charge is 2.48. The maximum Gasteiger partial charge on any atom is 0.264 e. The van der Waals surface area contributed by atoms with Crippen molar-refractivity contribution in [1.82, 2.24) is 14.2 Å². The Hall–Kier alpha value is -3.83. The number of aryl methyl sites for hydroxylation is 1. The zero-order valence-electron chi connectivity index (χ0n) is 24.0. The predicted molar refractivity (Wildman–Crippen MR) is 159 cm³/mol. The van der Waals surface area contributed by atoms with Gasteiger partial charge in [-0.2, -0.15) is 0 Å². The Balaban J connectivity index is 1.26. The molecule has 7 rings (SSSR count). The smallest absolute Gasteiger partial charge is 0.264 e. The fourth-order valence-electron chi connectivity index (χ4n) is 6.42. The van der Waals surface area contributed by atoms with Crippen molar-refractivity contribution in [3.8, 4) is 22.6 Å². The number of ether oxygens (including phenoxy) is 2. The van der Waals surface area contributed by atoms with Crippen molar-refractivity contribution in [2.75, 3.05) is 19.6 Å². The second kappa shape index (κ2) is 10.4. The number of halogens is 2. The zero-order valence-corrected chi connectivity index (χ0v) is 24.9. The lowest BCUT2D eigenvalue weighted by Crippen LogP contribution is -2.49. The van der Waals surface area contributed by atoms with E-state index in [2.05, 4.69) is 4.98 Å². The van der Waals surface area contributed by atoms with Crippen LogP contribution in [0.1, 0.15) is 46.9 Å². The van der Waals surface area contributed by atoms with E-state index < -0.39 is 12.2 Å². The number of likely N-dealkylation sites (tertiary alicyclic amines) is 1. The molecule has 1 saturated heterocycles. The van der Waals surface area contributed by atoms with Crippen molar-refractivity contribution in [3.63, 3.8) is 0 Å². The summed E-state index contributed by atoms with van der Waals surface area (Å²) in [7, 11) is 0. The van der Waals surface area contributed by atoms with Crippen LogP contribution in [-0.4, -0.2) is 51.9 Å². The van der Waals surface area contributed by atoms with Gasteiger partial charge < -0.3 is 18.9 Å². The largest absolute Gasteiger partial charge is 0.464 e. The molecule has 1 unspecified atom stereocenters. The van der Waals surface area contributed by atoms with Gasteiger partial charge in [0.05, 0.1) is 24.9 Å². The highest BCUT2D eigenvalue weighted by Crippen LogP contribution is 2.53. The number of fused-ring (bicyclic) bond motifs is 3. The number of nitrogens with one attached hydrogen (secondary N) is 1. The van der Waals surface area contributed by atoms with Crippen LogP contribution in [0.15, 0.2) is 56.8 Å². The van der Waals surface area contributed by atoms with Crippen LogP contribution in [0.3, 0.4) is 0 Å². The molecule has 3 aliphatic heterocycles. The molecular formula is C32H31F2N3O5S. The molecule has 43 heavy (non-hydrogen) atoms. The quantitative estimate of drug-likeness (QED) is 0.258. The van der Waals surface area contributed by atoms with Gasteiger partial charge in [0.25, 0.3) is 23.7 Å². The van der Waals surface area contributed by atoms with Crippen molar-refractivity contribution in [1.29, 1.82) is 0 Å². The highest BCUT2D eigenvalue weighted by atomic mass is 32.2. The van der Waals surface area contributed by atoms with Crippen LogP contribution >= 0.6 is 11.9 Å². The van der Waals surface area contributed by atoms with Crippen LogP contribution in [0, 0.1) is 19.8 Å². The Morgan fingerprint density at radius 1 is 1.12 bits per heavy atom. The normalized spacial score (nSPS) is 20.4. The second-order valence-corrected chi connectivity index (χ2v) is 12.7. The van der Waals surface area contributed by atoms with Crippen LogP contribution in [0.2, 0.25) is 0 Å². The molecule has 8 nitrogen and oxygen atoms in total. The molecule has 0 bridgehead atoms. The minimum Gasteiger partial charge on any atom is -0.464 e. The summed E-state index contributed by atoms with van der Waals surface area (Å²) in [6.07, 6.45) is 0.559. The average Bonchev–Trinajstić information content (AvgIpc) is 3.70. The zero-order chi connectivity index (χ0) is 30.0. The Morgan fingerprint density at radius 3 is 2.65 bits per heavy atom. The number of amides is 1. The maximum atomic E-state index is 14.1. The number of piperidine rings is 1. The fourth-order valence-corrected chi connectivity index (χ4v) is 7.52. The van der Waals surface area contributed by atoms with E-state index in [1.54, 1.807) is 15.5 Å². The van der Waals surface area contributed by atoms with Gasteiger partial charge in [0.1, 0.15) is 5.58 Å². The van der Waals surface area contributed by atoms with Crippen molar-refractivity contribution in [2.45, 2.75) is 57.3 Å². The molecule has 224 valence electrons. The third kappa shape index (κ3) is 4.88. The molecule has 1 N–H and O–H groups in total. The number of aromatic nitrogens is 1. The number of carbonyl (C=O) groups is 1. The van der Waals surface area contributed by atoms with Gasteiger partial charge in [-0.15, -0.1) is 0 Å². The summed E-state index contributed by atoms with van der Waals surface area (Å²) in [5.41, 5.74) is 4.50. The number of benzene rings is 2. The summed E-state index contributed by atoms with van der Waals surface area (Å²) >= 11 is 1.26. The first kappa shape index (κ1) is 28.0. The first-order chi connectivity index (χ1) is 20.6. The van der Waals surface area contributed by atoms with Gasteiger partial charge in [0.2, 0.25) is 0 Å². The predicted octanol–water partition coefficient (Wildman–Crippen LogP) is 6.53. The molecule has 3 aliphatic rings. The van der Waals surface area contributed by atoms with Gasteiger partial charge in [-0.25, -0.2) is 8.78 Å². The molecule has 1 fully saturated rings. The third-order valence-corrected chi connectivity index (χ3v) is 9.86. The van der Waals surface area contributed by atoms with Gasteiger partial charge in [-0.3, -0.25) is 18.8 Å². The maximum absolute atomic E-state index is 14.1. The molecule has 0 aliphatic carbocycles. The summed E-state index contributed by atoms with van der Waals surface area (Å²) in [6.45, 7) is 6.58. The van der Waals surface area contributed by atoms with Gasteiger partial charge >= 0.3 is 0 Å². The number of carbonyl (C=O) groups excluding carboxylic acids is 1. The summed E-state index contributed by atoms with van der Waals surface area (Å²) in [5, 5.41) is 0.910. The Labute approximate surface area is 251 Å². The minimum absolute atomic E-state index is 0.0322. The Kier molecular flexibility index (Phi) is 6.77. The van der Waals surface area contributed by atoms with Gasteiger partial charge in [0.15, 0.2) is 11.5 Å². The van der Waals surface area contributed by atoms with E-state index in [0.29, 0.717) is 59.7 Å². The van der Waals surface area contributed by atoms with E-state index in [4.69, 9.17) is 13.9 Å². The number of pyridine rings is 1. The summed E-state index contributed by atoms with van der Waals surface area (Å²) < 4.78 is 46.4. The molecule has 1 atom stereocenters. The molecule has 4 aromatic rings. The molecule has 5 heterocycles. The molecule has 1 amide bonds. The number of nitrogens with zero attached hydrogens (tertiary/aromatic N) is 2. The number of furan rings is 1. The van der Waals surface area contributed by atoms with E-state index in [1.165, 1.54) is 11.9 Å². The molecule has 0 radical (unpaired) electrons. The lowest BCUT2D eigenvalue weighted by Gasteiger charge is -2.38. The lowest BCUT2D eigenvalue weighted by atomic mass is 9.89. The van der Waals surface area contributed by atoms with E-state index in [-0.39, 0.29) is 30.5 Å². The Morgan fingerprint density at radius 2 is 1.88 bits per heavy atom. The standard InChI is InChI=1S/C32H31F2N3O5S/c1-17-12-26-24(30(38)35-17)15-37(43-26)31(39)22-14-23(19-4-5-25-20(13-19)8-11-40-25)29-28(18(22)2)41-32(3,42-29)21-6-9-36(10-7-21)16-27(33)34/h4-5,8,11-14,21,27H,6-7,9-10,15-16H2,1-3H3,(H,35,38). The second-order valence-electron chi connectivity index (χ2n) is 11.7. The first-order valence-corrected chi connectivity index (χ1v) is 15.1. The molecule has 2 aromatic carbocycles. The first-order valence-electron chi connectivity index (χ1n) is 14.4. The highest BCUT2D eigenvalue weighted by molar-refractivity contribution is 7.97. The van der Waals surface area contributed by atoms with Crippen LogP contribution in [0.25, 0.3) is 22.1 Å². The lowest BCUT2D eigenvalue weighted by molar-refractivity contribution is -0.126. The van der Waals surface area contributed by atoms with E-state index in [1.807, 2.05) is 57.2 Å². The summed E-state index contributed by atoms with van der Waals surface area (Å²) in [4.78, 5) is 32.0. The fraction of sp³-hybridized carbons (Fsp3) is 0.375. The van der Waals surface area contributed by atoms with E-state index >= 15 is 0 Å². The van der Waals surface area contributed by atoms with E-state index in [0.717, 1.165) is 27.1 Å². The molecule has 2 aromatic heterocycles. The molecular weight excluding hydrogens is 576 g/mol. The minimum atomic E-state index is -2.37. The molecule has 0 saturated carbocycles. The molecule has 11 heteroatoms. The molecule has 0 spiro atoms. The van der Waals surface area contributed by atoms with Crippen LogP contribution in [-0.2, 0) is 6.54 Å². The number of alkyl halides is 2. The van der Waals surface area contributed by atoms with Gasteiger partial charge in [-0.05, 0) is 87.6 Å². The third-order valence-electron chi connectivity index (χ3n) is 8.78. The van der Waals surface area contributed by atoms with Crippen molar-refractivity contribution in [2.24, 2.45) is 5.92 Å². The van der Waals surface area contributed by atoms with Crippen LogP contribution in [0.5, 0.6) is 11.5 Å². The SMILES string of the molecule is Cc1cc2c(c(=O)[nH]1)CN(C(=O)c1cc(-c3ccc4occc4c3)c3c(c1C)OC(C)(C1CCN(CC(F)F)CC1)O3)S2. The van der Waals surface area contributed by atoms with Crippen molar-refractivity contribution in [3.05, 3.63) is 75.4 Å². The van der Waals surface area contributed by atoms with E-state index in [9.17, 15) is 18.4 Å². The average molecular weight is 608 g/mol. The van der Waals surface area contributed by atoms with Crippen LogP contribution in [0.4, 0.5) is 8.78 Å². The number of hydrogen-bond donors (Lipinski definition) is 1. The van der Waals surface area contributed by atoms with Crippen LogP contribution < -0.4 is 15.0 Å². The van der Waals surface area contributed by atoms with Crippen molar-refractivity contribution >= 4 is 28.8 Å². The monoisotopic (exact) mass is 607 g/mol. The number of rotatable bonds is 5. The Bertz CT molecular complexity index is 1810. The number of aromatic amines is 1. The van der Waals surface area contributed by atoms with Gasteiger partial charge in [-0.1, -0.05) is 6.07 Å². The summed E-state index contributed by atoms with van der Waals surface area (Å²) in [6, 6.07) is 11.4. The number of hydrogen-bond acceptors (Lipinski definition) is 7. The number of H-pyrrole nitrogens is 1. The van der Waals surface area contributed by atoms with Gasteiger partial charge in [0, 0.05) is 45.5 Å².